The van der Waals surface area contributed by atoms with Crippen molar-refractivity contribution in [3.05, 3.63) is 11.9 Å². The molecule has 1 aromatic rings. The number of rotatable bonds is 4. The van der Waals surface area contributed by atoms with E-state index in [1.165, 1.54) is 0 Å². The van der Waals surface area contributed by atoms with Crippen LogP contribution in [0.1, 0.15) is 48.6 Å². The normalized spacial score (nSPS) is 23.9. The molecule has 19 heavy (non-hydrogen) atoms. The van der Waals surface area contributed by atoms with Crippen LogP contribution in [0.2, 0.25) is 0 Å². The van der Waals surface area contributed by atoms with Gasteiger partial charge in [0.05, 0.1) is 18.3 Å². The summed E-state index contributed by atoms with van der Waals surface area (Å²) >= 11 is 0. The Balaban J connectivity index is 1.84. The highest BCUT2D eigenvalue weighted by Gasteiger charge is 2.28. The third kappa shape index (κ3) is 2.45. The van der Waals surface area contributed by atoms with Gasteiger partial charge in [0.2, 0.25) is 0 Å². The van der Waals surface area contributed by atoms with Gasteiger partial charge in [0, 0.05) is 6.54 Å². The molecule has 1 aliphatic carbocycles. The van der Waals surface area contributed by atoms with Crippen molar-refractivity contribution in [1.82, 2.24) is 15.1 Å². The van der Waals surface area contributed by atoms with Crippen LogP contribution in [0.3, 0.4) is 0 Å². The van der Waals surface area contributed by atoms with Gasteiger partial charge in [-0.15, -0.1) is 0 Å². The number of hydrogen-bond acceptors (Lipinski definition) is 4. The lowest BCUT2D eigenvalue weighted by Crippen LogP contribution is -2.20. The first kappa shape index (κ1) is 12.5. The van der Waals surface area contributed by atoms with Gasteiger partial charge in [0.15, 0.2) is 11.4 Å². The van der Waals surface area contributed by atoms with Crippen molar-refractivity contribution in [2.24, 2.45) is 0 Å². The molecule has 2 N–H and O–H groups in total. The van der Waals surface area contributed by atoms with Crippen molar-refractivity contribution in [3.8, 4) is 5.75 Å². The molecule has 6 nitrogen and oxygen atoms in total. The molecule has 1 saturated carbocycles. The van der Waals surface area contributed by atoms with Crippen LogP contribution in [0, 0.1) is 0 Å². The van der Waals surface area contributed by atoms with Crippen molar-refractivity contribution >= 4 is 5.97 Å². The van der Waals surface area contributed by atoms with E-state index >= 15 is 0 Å². The Bertz CT molecular complexity index is 460. The van der Waals surface area contributed by atoms with Gasteiger partial charge in [-0.25, -0.2) is 4.79 Å². The number of hydrogen-bond donors (Lipinski definition) is 2. The van der Waals surface area contributed by atoms with E-state index in [1.807, 2.05) is 0 Å². The number of aromatic carboxylic acids is 1. The van der Waals surface area contributed by atoms with Crippen molar-refractivity contribution in [3.63, 3.8) is 0 Å². The molecule has 1 aliphatic heterocycles. The van der Waals surface area contributed by atoms with E-state index in [0.29, 0.717) is 5.75 Å². The molecule has 1 atom stereocenters. The number of carboxylic acid groups (broad SMARTS) is 1. The highest BCUT2D eigenvalue weighted by molar-refractivity contribution is 5.88. The van der Waals surface area contributed by atoms with E-state index in [9.17, 15) is 9.90 Å². The zero-order valence-electron chi connectivity index (χ0n) is 10.8. The molecule has 0 amide bonds. The third-order valence-electron chi connectivity index (χ3n) is 3.94. The van der Waals surface area contributed by atoms with Crippen LogP contribution < -0.4 is 10.1 Å². The maximum absolute atomic E-state index is 11.5. The van der Waals surface area contributed by atoms with E-state index in [0.717, 1.165) is 45.2 Å². The summed E-state index contributed by atoms with van der Waals surface area (Å²) in [5.41, 5.74) is 0.195. The van der Waals surface area contributed by atoms with Gasteiger partial charge in [0.1, 0.15) is 0 Å². The molecule has 0 radical (unpaired) electrons. The van der Waals surface area contributed by atoms with Gasteiger partial charge in [-0.3, -0.25) is 4.68 Å². The minimum absolute atomic E-state index is 0.118. The second-order valence-corrected chi connectivity index (χ2v) is 5.28. The van der Waals surface area contributed by atoms with Gasteiger partial charge >= 0.3 is 5.97 Å². The highest BCUT2D eigenvalue weighted by atomic mass is 16.5. The van der Waals surface area contributed by atoms with E-state index in [-0.39, 0.29) is 17.8 Å². The lowest BCUT2D eigenvalue weighted by molar-refractivity contribution is 0.0672. The van der Waals surface area contributed by atoms with Crippen molar-refractivity contribution in [2.45, 2.75) is 44.2 Å². The number of nitrogens with one attached hydrogen (secondary N) is 1. The first-order chi connectivity index (χ1) is 9.25. The Hall–Kier alpha value is -1.56. The fourth-order valence-corrected chi connectivity index (χ4v) is 2.95. The maximum atomic E-state index is 11.5. The molecule has 6 heteroatoms. The van der Waals surface area contributed by atoms with Crippen molar-refractivity contribution in [1.29, 1.82) is 0 Å². The van der Waals surface area contributed by atoms with E-state index in [4.69, 9.17) is 4.74 Å². The average molecular weight is 265 g/mol. The average Bonchev–Trinajstić information content (AvgIpc) is 3.09. The first-order valence-electron chi connectivity index (χ1n) is 6.94. The van der Waals surface area contributed by atoms with Crippen LogP contribution in [0.4, 0.5) is 0 Å². The maximum Gasteiger partial charge on any atom is 0.358 e. The molecule has 1 aromatic heterocycles. The fraction of sp³-hybridized carbons (Fsp3) is 0.692. The second-order valence-electron chi connectivity index (χ2n) is 5.28. The van der Waals surface area contributed by atoms with Crippen molar-refractivity contribution in [2.75, 3.05) is 13.1 Å². The van der Waals surface area contributed by atoms with Crippen LogP contribution in [-0.4, -0.2) is 40.0 Å². The highest BCUT2D eigenvalue weighted by Crippen LogP contribution is 2.29. The number of aromatic nitrogens is 2. The van der Waals surface area contributed by atoms with Crippen LogP contribution in [0.25, 0.3) is 0 Å². The van der Waals surface area contributed by atoms with Crippen LogP contribution in [-0.2, 0) is 0 Å². The summed E-state index contributed by atoms with van der Waals surface area (Å²) in [7, 11) is 0. The van der Waals surface area contributed by atoms with E-state index in [1.54, 1.807) is 10.9 Å². The summed E-state index contributed by atoms with van der Waals surface area (Å²) in [5, 5.41) is 16.9. The Labute approximate surface area is 111 Å². The molecule has 0 bridgehead atoms. The molecular formula is C13H19N3O3. The molecule has 2 aliphatic rings. The van der Waals surface area contributed by atoms with E-state index in [2.05, 4.69) is 10.4 Å². The first-order valence-corrected chi connectivity index (χ1v) is 6.94. The lowest BCUT2D eigenvalue weighted by atomic mass is 10.2. The molecule has 1 unspecified atom stereocenters. The molecule has 104 valence electrons. The van der Waals surface area contributed by atoms with Gasteiger partial charge < -0.3 is 15.2 Å². The zero-order chi connectivity index (χ0) is 13.2. The molecule has 2 fully saturated rings. The smallest absolute Gasteiger partial charge is 0.358 e. The monoisotopic (exact) mass is 265 g/mol. The van der Waals surface area contributed by atoms with E-state index < -0.39 is 5.97 Å². The number of carbonyl (C=O) groups is 1. The third-order valence-corrected chi connectivity index (χ3v) is 3.94. The second kappa shape index (κ2) is 5.21. The minimum atomic E-state index is -0.961. The molecule has 0 spiro atoms. The van der Waals surface area contributed by atoms with Gasteiger partial charge in [-0.1, -0.05) is 0 Å². The minimum Gasteiger partial charge on any atom is -0.486 e. The molecule has 1 saturated heterocycles. The molecule has 0 aromatic carbocycles. The lowest BCUT2D eigenvalue weighted by Gasteiger charge is -2.14. The summed E-state index contributed by atoms with van der Waals surface area (Å²) < 4.78 is 7.43. The number of ether oxygens (including phenoxy) is 1. The summed E-state index contributed by atoms with van der Waals surface area (Å²) in [6.45, 7) is 1.67. The summed E-state index contributed by atoms with van der Waals surface area (Å²) in [5.74, 6) is -0.538. The molecule has 2 heterocycles. The summed E-state index contributed by atoms with van der Waals surface area (Å²) in [4.78, 5) is 11.5. The zero-order valence-corrected chi connectivity index (χ0v) is 10.8. The predicted octanol–water partition coefficient (Wildman–Crippen LogP) is 1.44. The topological polar surface area (TPSA) is 76.4 Å². The quantitative estimate of drug-likeness (QED) is 0.861. The van der Waals surface area contributed by atoms with Crippen molar-refractivity contribution < 1.29 is 14.6 Å². The van der Waals surface area contributed by atoms with Crippen LogP contribution in [0.15, 0.2) is 6.20 Å². The Morgan fingerprint density at radius 2 is 2.21 bits per heavy atom. The van der Waals surface area contributed by atoms with Crippen LogP contribution in [0.5, 0.6) is 5.75 Å². The largest absolute Gasteiger partial charge is 0.486 e. The van der Waals surface area contributed by atoms with Crippen LogP contribution >= 0.6 is 0 Å². The molecular weight excluding hydrogens is 246 g/mol. The fourth-order valence-electron chi connectivity index (χ4n) is 2.95. The summed E-state index contributed by atoms with van der Waals surface area (Å²) in [6.07, 6.45) is 6.95. The van der Waals surface area contributed by atoms with Gasteiger partial charge in [-0.2, -0.15) is 5.10 Å². The molecule has 3 rings (SSSR count). The summed E-state index contributed by atoms with van der Waals surface area (Å²) in [6, 6.07) is 0.118. The predicted molar refractivity (Wildman–Crippen MR) is 68.6 cm³/mol. The Morgan fingerprint density at radius 3 is 2.84 bits per heavy atom. The number of carboxylic acids is 1. The number of nitrogens with zero attached hydrogens (tertiary/aromatic N) is 2. The van der Waals surface area contributed by atoms with Gasteiger partial charge in [-0.05, 0) is 38.6 Å². The SMILES string of the molecule is O=C(O)c1c(OC2CCCC2)cnn1C1CCNC1. The van der Waals surface area contributed by atoms with Gasteiger partial charge in [0.25, 0.3) is 0 Å². The standard InChI is InChI=1S/C13H19N3O3/c17-13(18)12-11(19-10-3-1-2-4-10)8-15-16(12)9-5-6-14-7-9/h8-10,14H,1-7H2,(H,17,18). The Kier molecular flexibility index (Phi) is 3.42. The Morgan fingerprint density at radius 1 is 1.42 bits per heavy atom.